The van der Waals surface area contributed by atoms with Crippen molar-refractivity contribution in [3.63, 3.8) is 0 Å². The highest BCUT2D eigenvalue weighted by Crippen LogP contribution is 2.32. The molecule has 0 fully saturated rings. The van der Waals surface area contributed by atoms with E-state index in [0.29, 0.717) is 20.8 Å². The molecule has 0 aliphatic rings. The second-order valence-corrected chi connectivity index (χ2v) is 8.67. The van der Waals surface area contributed by atoms with Crippen molar-refractivity contribution in [2.45, 2.75) is 4.90 Å². The number of carbonyl (C=O) groups excluding carboxylic acids is 1. The summed E-state index contributed by atoms with van der Waals surface area (Å²) >= 11 is 12.1. The van der Waals surface area contributed by atoms with E-state index in [4.69, 9.17) is 32.7 Å². The average molecular weight is 466 g/mol. The SMILES string of the molecule is COc1ccc(N(C(=O)COc2cccc(Cl)c2)S(=O)(=O)c2ccccc2)cc1Cl. The molecular formula is C21H17Cl2NO5S. The third-order valence-corrected chi connectivity index (χ3v) is 6.33. The molecule has 0 heterocycles. The van der Waals surface area contributed by atoms with Crippen LogP contribution in [0.2, 0.25) is 10.0 Å². The van der Waals surface area contributed by atoms with Crippen molar-refractivity contribution in [2.24, 2.45) is 0 Å². The van der Waals surface area contributed by atoms with Crippen molar-refractivity contribution in [3.05, 3.63) is 82.8 Å². The lowest BCUT2D eigenvalue weighted by Gasteiger charge is -2.23. The average Bonchev–Trinajstić information content (AvgIpc) is 2.73. The summed E-state index contributed by atoms with van der Waals surface area (Å²) in [7, 11) is -2.79. The van der Waals surface area contributed by atoms with Gasteiger partial charge >= 0.3 is 0 Å². The first-order valence-electron chi connectivity index (χ1n) is 8.68. The van der Waals surface area contributed by atoms with Gasteiger partial charge in [-0.3, -0.25) is 4.79 Å². The fourth-order valence-corrected chi connectivity index (χ4v) is 4.51. The van der Waals surface area contributed by atoms with Gasteiger partial charge in [0.2, 0.25) is 0 Å². The second-order valence-electron chi connectivity index (χ2n) is 6.04. The number of amides is 1. The number of hydrogen-bond donors (Lipinski definition) is 0. The molecule has 9 heteroatoms. The Balaban J connectivity index is 1.99. The number of methoxy groups -OCH3 is 1. The smallest absolute Gasteiger partial charge is 0.278 e. The van der Waals surface area contributed by atoms with E-state index in [1.165, 1.54) is 43.5 Å². The maximum Gasteiger partial charge on any atom is 0.278 e. The molecule has 0 radical (unpaired) electrons. The Labute approximate surface area is 184 Å². The molecule has 6 nitrogen and oxygen atoms in total. The second kappa shape index (κ2) is 9.38. The lowest BCUT2D eigenvalue weighted by molar-refractivity contribution is -0.119. The lowest BCUT2D eigenvalue weighted by Crippen LogP contribution is -2.40. The van der Waals surface area contributed by atoms with E-state index in [-0.39, 0.29) is 15.6 Å². The summed E-state index contributed by atoms with van der Waals surface area (Å²) in [5.74, 6) is -0.124. The van der Waals surface area contributed by atoms with Crippen LogP contribution in [-0.2, 0) is 14.8 Å². The molecule has 0 N–H and O–H groups in total. The number of sulfonamides is 1. The Morgan fingerprint density at radius 3 is 2.33 bits per heavy atom. The molecule has 3 rings (SSSR count). The van der Waals surface area contributed by atoms with Gasteiger partial charge < -0.3 is 9.47 Å². The van der Waals surface area contributed by atoms with Gasteiger partial charge in [0.1, 0.15) is 11.5 Å². The lowest BCUT2D eigenvalue weighted by atomic mass is 10.3. The number of benzene rings is 3. The van der Waals surface area contributed by atoms with Gasteiger partial charge in [-0.05, 0) is 48.5 Å². The fraction of sp³-hybridized carbons (Fsp3) is 0.0952. The molecule has 3 aromatic rings. The van der Waals surface area contributed by atoms with Crippen molar-refractivity contribution in [1.29, 1.82) is 0 Å². The summed E-state index contributed by atoms with van der Waals surface area (Å²) in [5.41, 5.74) is 0.0596. The number of hydrogen-bond acceptors (Lipinski definition) is 5. The van der Waals surface area contributed by atoms with E-state index in [9.17, 15) is 13.2 Å². The normalized spacial score (nSPS) is 11.0. The van der Waals surface area contributed by atoms with Crippen LogP contribution >= 0.6 is 23.2 Å². The number of nitrogens with zero attached hydrogens (tertiary/aromatic N) is 1. The zero-order chi connectivity index (χ0) is 21.7. The Hall–Kier alpha value is -2.74. The van der Waals surface area contributed by atoms with E-state index in [1.807, 2.05) is 0 Å². The van der Waals surface area contributed by atoms with Gasteiger partial charge in [-0.2, -0.15) is 4.31 Å². The van der Waals surface area contributed by atoms with Crippen LogP contribution in [0.4, 0.5) is 5.69 Å². The predicted molar refractivity (Wildman–Crippen MR) is 116 cm³/mol. The first-order valence-corrected chi connectivity index (χ1v) is 10.9. The Morgan fingerprint density at radius 1 is 0.967 bits per heavy atom. The largest absolute Gasteiger partial charge is 0.495 e. The predicted octanol–water partition coefficient (Wildman–Crippen LogP) is 4.80. The zero-order valence-electron chi connectivity index (χ0n) is 15.8. The fourth-order valence-electron chi connectivity index (χ4n) is 2.66. The number of ether oxygens (including phenoxy) is 2. The molecule has 0 bridgehead atoms. The molecule has 3 aromatic carbocycles. The van der Waals surface area contributed by atoms with Crippen molar-refractivity contribution in [2.75, 3.05) is 18.0 Å². The minimum absolute atomic E-state index is 0.0481. The minimum atomic E-state index is -4.22. The molecule has 30 heavy (non-hydrogen) atoms. The Morgan fingerprint density at radius 2 is 1.70 bits per heavy atom. The topological polar surface area (TPSA) is 72.9 Å². The van der Waals surface area contributed by atoms with Gasteiger partial charge in [-0.1, -0.05) is 47.5 Å². The van der Waals surface area contributed by atoms with Gasteiger partial charge in [0, 0.05) is 5.02 Å². The van der Waals surface area contributed by atoms with E-state index < -0.39 is 22.5 Å². The number of rotatable bonds is 7. The van der Waals surface area contributed by atoms with Gasteiger partial charge in [0.05, 0.1) is 22.7 Å². The van der Waals surface area contributed by atoms with Gasteiger partial charge in [0.15, 0.2) is 6.61 Å². The highest BCUT2D eigenvalue weighted by molar-refractivity contribution is 7.93. The van der Waals surface area contributed by atoms with Crippen LogP contribution in [0.5, 0.6) is 11.5 Å². The van der Waals surface area contributed by atoms with E-state index in [1.54, 1.807) is 36.4 Å². The third kappa shape index (κ3) is 4.87. The summed E-state index contributed by atoms with van der Waals surface area (Å²) in [5, 5.41) is 0.586. The maximum absolute atomic E-state index is 13.3. The molecule has 0 aliphatic carbocycles. The van der Waals surface area contributed by atoms with Gasteiger partial charge in [-0.15, -0.1) is 0 Å². The maximum atomic E-state index is 13.3. The van der Waals surface area contributed by atoms with Crippen LogP contribution in [0, 0.1) is 0 Å². The molecule has 0 saturated heterocycles. The quantitative estimate of drug-likeness (QED) is 0.500. The van der Waals surface area contributed by atoms with E-state index in [0.717, 1.165) is 0 Å². The van der Waals surface area contributed by atoms with Gasteiger partial charge in [-0.25, -0.2) is 8.42 Å². The number of halogens is 2. The van der Waals surface area contributed by atoms with Crippen LogP contribution < -0.4 is 13.8 Å². The molecule has 0 spiro atoms. The number of carbonyl (C=O) groups is 1. The molecular weight excluding hydrogens is 449 g/mol. The first kappa shape index (κ1) is 22.0. The Bertz CT molecular complexity index is 1150. The first-order chi connectivity index (χ1) is 14.3. The summed E-state index contributed by atoms with van der Waals surface area (Å²) in [6, 6.07) is 18.3. The summed E-state index contributed by atoms with van der Waals surface area (Å²) < 4.78 is 37.7. The number of anilines is 1. The Kier molecular flexibility index (Phi) is 6.87. The van der Waals surface area contributed by atoms with Crippen molar-refractivity contribution >= 4 is 44.8 Å². The third-order valence-electron chi connectivity index (χ3n) is 4.04. The molecule has 0 aromatic heterocycles. The minimum Gasteiger partial charge on any atom is -0.495 e. The molecule has 0 saturated carbocycles. The summed E-state index contributed by atoms with van der Waals surface area (Å²) in [4.78, 5) is 13.0. The molecule has 1 amide bonds. The molecule has 0 unspecified atom stereocenters. The van der Waals surface area contributed by atoms with Crippen LogP contribution in [0.1, 0.15) is 0 Å². The van der Waals surface area contributed by atoms with Crippen LogP contribution in [0.3, 0.4) is 0 Å². The molecule has 156 valence electrons. The van der Waals surface area contributed by atoms with Crippen molar-refractivity contribution in [3.8, 4) is 11.5 Å². The van der Waals surface area contributed by atoms with E-state index in [2.05, 4.69) is 0 Å². The highest BCUT2D eigenvalue weighted by Gasteiger charge is 2.31. The van der Waals surface area contributed by atoms with Crippen molar-refractivity contribution in [1.82, 2.24) is 0 Å². The van der Waals surface area contributed by atoms with Crippen LogP contribution in [0.25, 0.3) is 0 Å². The van der Waals surface area contributed by atoms with Crippen molar-refractivity contribution < 1.29 is 22.7 Å². The van der Waals surface area contributed by atoms with Crippen LogP contribution in [-0.4, -0.2) is 28.0 Å². The molecule has 0 atom stereocenters. The molecule has 0 aliphatic heterocycles. The summed E-state index contributed by atoms with van der Waals surface area (Å²) in [6.45, 7) is -0.532. The highest BCUT2D eigenvalue weighted by atomic mass is 35.5. The van der Waals surface area contributed by atoms with E-state index >= 15 is 0 Å². The van der Waals surface area contributed by atoms with Crippen LogP contribution in [0.15, 0.2) is 77.7 Å². The monoisotopic (exact) mass is 465 g/mol. The standard InChI is InChI=1S/C21H17Cl2NO5S/c1-28-20-11-10-16(13-19(20)23)24(30(26,27)18-8-3-2-4-9-18)21(25)14-29-17-7-5-6-15(22)12-17/h2-13H,14H2,1H3. The van der Waals surface area contributed by atoms with Gasteiger partial charge in [0.25, 0.3) is 15.9 Å². The zero-order valence-corrected chi connectivity index (χ0v) is 18.1. The summed E-state index contributed by atoms with van der Waals surface area (Å²) in [6.07, 6.45) is 0.